The van der Waals surface area contributed by atoms with E-state index in [1.54, 1.807) is 25.7 Å². The summed E-state index contributed by atoms with van der Waals surface area (Å²) in [6.45, 7) is 10.0. The second-order valence-corrected chi connectivity index (χ2v) is 14.1. The Balaban J connectivity index is 0.000000117. The Hall–Kier alpha value is 1.29. The monoisotopic (exact) mass is 444 g/mol. The van der Waals surface area contributed by atoms with E-state index >= 15 is 0 Å². The third-order valence-corrected chi connectivity index (χ3v) is 10.2. The molecule has 0 aromatic rings. The SMILES string of the molecule is CC1(C)C2CC3CCCC3C1C2.CC1(C)C2C[C]3[CH]CCC3C1C2.[Cl][Ti][Cl]. The van der Waals surface area contributed by atoms with Crippen LogP contribution in [0, 0.1) is 64.6 Å². The quantitative estimate of drug-likeness (QED) is 0.331. The Labute approximate surface area is 185 Å². The Morgan fingerprint density at radius 1 is 0.889 bits per heavy atom. The summed E-state index contributed by atoms with van der Waals surface area (Å²) in [5.41, 5.74) is 1.41. The van der Waals surface area contributed by atoms with Gasteiger partial charge in [-0.3, -0.25) is 0 Å². The molecule has 0 nitrogen and oxygen atoms in total. The molecule has 0 heterocycles. The molecule has 152 valence electrons. The Bertz CT molecular complexity index is 484. The zero-order valence-corrected chi connectivity index (χ0v) is 20.8. The summed E-state index contributed by atoms with van der Waals surface area (Å²) < 4.78 is 0. The van der Waals surface area contributed by atoms with Gasteiger partial charge in [0, 0.05) is 0 Å². The van der Waals surface area contributed by atoms with Gasteiger partial charge in [0.1, 0.15) is 0 Å². The van der Waals surface area contributed by atoms with Gasteiger partial charge in [-0.1, -0.05) is 40.5 Å². The Kier molecular flexibility index (Phi) is 6.45. The first kappa shape index (κ1) is 21.5. The molecule has 7 unspecified atom stereocenters. The summed E-state index contributed by atoms with van der Waals surface area (Å²) in [6.07, 6.45) is 16.2. The molecule has 2 radical (unpaired) electrons. The number of hydrogen-bond acceptors (Lipinski definition) is 0. The fourth-order valence-corrected chi connectivity index (χ4v) is 8.29. The van der Waals surface area contributed by atoms with Gasteiger partial charge in [0.15, 0.2) is 0 Å². The van der Waals surface area contributed by atoms with Crippen molar-refractivity contribution in [1.82, 2.24) is 0 Å². The molecule has 0 amide bonds. The maximum atomic E-state index is 4.89. The van der Waals surface area contributed by atoms with E-state index in [4.69, 9.17) is 18.6 Å². The van der Waals surface area contributed by atoms with Crippen LogP contribution in [0.2, 0.25) is 0 Å². The van der Waals surface area contributed by atoms with Crippen molar-refractivity contribution in [2.24, 2.45) is 52.3 Å². The molecule has 8 rings (SSSR count). The van der Waals surface area contributed by atoms with E-state index in [2.05, 4.69) is 34.1 Å². The van der Waals surface area contributed by atoms with Crippen LogP contribution >= 0.6 is 18.6 Å². The second kappa shape index (κ2) is 8.09. The average molecular weight is 445 g/mol. The first-order valence-electron chi connectivity index (χ1n) is 11.5. The minimum atomic E-state index is -0.556. The van der Waals surface area contributed by atoms with E-state index < -0.39 is 17.0 Å². The molecule has 7 atom stereocenters. The fraction of sp³-hybridized carbons (Fsp3) is 0.917. The van der Waals surface area contributed by atoms with Crippen molar-refractivity contribution in [3.63, 3.8) is 0 Å². The van der Waals surface area contributed by atoms with Gasteiger partial charge in [-0.15, -0.1) is 0 Å². The molecule has 8 saturated carbocycles. The third kappa shape index (κ3) is 3.64. The zero-order chi connectivity index (χ0) is 19.4. The van der Waals surface area contributed by atoms with Crippen LogP contribution in [0.1, 0.15) is 85.5 Å². The first-order valence-corrected chi connectivity index (χ1v) is 15.8. The first-order chi connectivity index (χ1) is 12.8. The summed E-state index contributed by atoms with van der Waals surface area (Å²) in [5.74, 6) is 9.42. The minimum absolute atomic E-state index is 0.556. The van der Waals surface area contributed by atoms with Crippen LogP contribution in [0.15, 0.2) is 0 Å². The molecule has 27 heavy (non-hydrogen) atoms. The standard InChI is InChI=1S/C12H20.C12H18.2ClH.Ti/c2*1-12(2)9-6-8-4-3-5-10(8)11(12)7-9;;;/h8-11H,3-7H2,1-2H3;4,9-11H,3,5-7H2,1-2H3;2*1H;/q;;;;+2/p-2. The molecule has 3 heteroatoms. The van der Waals surface area contributed by atoms with Gasteiger partial charge in [-0.25, -0.2) is 0 Å². The van der Waals surface area contributed by atoms with Crippen LogP contribution in [0.25, 0.3) is 0 Å². The predicted octanol–water partition coefficient (Wildman–Crippen LogP) is 8.09. The number of rotatable bonds is 0. The predicted molar refractivity (Wildman–Crippen MR) is 113 cm³/mol. The topological polar surface area (TPSA) is 0 Å². The Morgan fingerprint density at radius 3 is 2.22 bits per heavy atom. The van der Waals surface area contributed by atoms with Crippen molar-refractivity contribution in [3.8, 4) is 0 Å². The van der Waals surface area contributed by atoms with Crippen LogP contribution in [-0.4, -0.2) is 0 Å². The molecule has 0 saturated heterocycles. The van der Waals surface area contributed by atoms with E-state index in [0.29, 0.717) is 5.41 Å². The van der Waals surface area contributed by atoms with Gasteiger partial charge in [-0.2, -0.15) is 0 Å². The fourth-order valence-electron chi connectivity index (χ4n) is 8.29. The van der Waals surface area contributed by atoms with Gasteiger partial charge >= 0.3 is 35.6 Å². The van der Waals surface area contributed by atoms with Crippen molar-refractivity contribution in [1.29, 1.82) is 0 Å². The number of hydrogen-bond donors (Lipinski definition) is 0. The van der Waals surface area contributed by atoms with Crippen LogP contribution < -0.4 is 0 Å². The molecule has 0 N–H and O–H groups in total. The van der Waals surface area contributed by atoms with Gasteiger partial charge in [0.2, 0.25) is 0 Å². The van der Waals surface area contributed by atoms with Crippen molar-refractivity contribution in [3.05, 3.63) is 12.3 Å². The molecule has 0 aromatic carbocycles. The summed E-state index contributed by atoms with van der Waals surface area (Å²) in [6, 6.07) is 0. The average Bonchev–Trinajstić information content (AvgIpc) is 3.30. The van der Waals surface area contributed by atoms with Crippen LogP contribution in [0.4, 0.5) is 0 Å². The molecule has 0 spiro atoms. The van der Waals surface area contributed by atoms with Crippen molar-refractivity contribution in [2.75, 3.05) is 0 Å². The van der Waals surface area contributed by atoms with Crippen LogP contribution in [-0.2, 0) is 17.0 Å². The molecule has 0 aliphatic heterocycles. The molecule has 0 aromatic heterocycles. The van der Waals surface area contributed by atoms with E-state index in [9.17, 15) is 0 Å². The van der Waals surface area contributed by atoms with Crippen molar-refractivity contribution < 1.29 is 17.0 Å². The van der Waals surface area contributed by atoms with E-state index in [0.717, 1.165) is 46.8 Å². The van der Waals surface area contributed by atoms with Crippen molar-refractivity contribution in [2.45, 2.75) is 85.5 Å². The summed E-state index contributed by atoms with van der Waals surface area (Å²) in [5, 5.41) is 0. The molecule has 8 aliphatic rings. The molecule has 8 fully saturated rings. The molecule has 4 bridgehead atoms. The summed E-state index contributed by atoms with van der Waals surface area (Å²) in [4.78, 5) is 0. The summed E-state index contributed by atoms with van der Waals surface area (Å²) >= 11 is -0.556. The Morgan fingerprint density at radius 2 is 1.56 bits per heavy atom. The third-order valence-electron chi connectivity index (χ3n) is 10.2. The molecular weight excluding hydrogens is 407 g/mol. The molecular formula is C24H38Cl2Ti. The van der Waals surface area contributed by atoms with Crippen LogP contribution in [0.3, 0.4) is 0 Å². The van der Waals surface area contributed by atoms with Crippen LogP contribution in [0.5, 0.6) is 0 Å². The van der Waals surface area contributed by atoms with E-state index in [-0.39, 0.29) is 0 Å². The molecule has 8 aliphatic carbocycles. The zero-order valence-electron chi connectivity index (χ0n) is 17.7. The van der Waals surface area contributed by atoms with Crippen molar-refractivity contribution >= 4 is 18.6 Å². The van der Waals surface area contributed by atoms with Gasteiger partial charge in [0.05, 0.1) is 0 Å². The maximum absolute atomic E-state index is 4.89. The normalized spacial score (nSPS) is 47.0. The van der Waals surface area contributed by atoms with Gasteiger partial charge in [-0.05, 0) is 110 Å². The summed E-state index contributed by atoms with van der Waals surface area (Å²) in [7, 11) is 9.78. The van der Waals surface area contributed by atoms with Gasteiger partial charge < -0.3 is 0 Å². The van der Waals surface area contributed by atoms with Gasteiger partial charge in [0.25, 0.3) is 0 Å². The number of halogens is 2. The second-order valence-electron chi connectivity index (χ2n) is 11.5. The van der Waals surface area contributed by atoms with E-state index in [1.165, 1.54) is 32.1 Å². The van der Waals surface area contributed by atoms with E-state index in [1.807, 2.05) is 5.92 Å².